The molecule has 1 fully saturated rings. The number of benzene rings is 1. The molecule has 27 heavy (non-hydrogen) atoms. The van der Waals surface area contributed by atoms with Crippen LogP contribution in [0.4, 0.5) is 0 Å². The molecule has 2 heterocycles. The second-order valence-corrected chi connectivity index (χ2v) is 7.19. The van der Waals surface area contributed by atoms with E-state index in [2.05, 4.69) is 10.4 Å². The molecule has 0 radical (unpaired) electrons. The van der Waals surface area contributed by atoms with Gasteiger partial charge in [-0.1, -0.05) is 11.6 Å². The largest absolute Gasteiger partial charge is 0.461 e. The number of aromatic nitrogens is 3. The number of nitrogens with zero attached hydrogens (tertiary/aromatic N) is 3. The molecule has 140 valence electrons. The monoisotopic (exact) mass is 386 g/mol. The van der Waals surface area contributed by atoms with Crippen molar-refractivity contribution in [2.45, 2.75) is 32.4 Å². The Kier molecular flexibility index (Phi) is 4.61. The van der Waals surface area contributed by atoms with Gasteiger partial charge in [0.2, 0.25) is 11.7 Å². The van der Waals surface area contributed by atoms with Crippen LogP contribution in [-0.4, -0.2) is 26.3 Å². The van der Waals surface area contributed by atoms with Gasteiger partial charge in [0.15, 0.2) is 5.76 Å². The molecule has 8 heteroatoms. The Morgan fingerprint density at radius 3 is 2.70 bits per heavy atom. The van der Waals surface area contributed by atoms with Gasteiger partial charge < -0.3 is 9.73 Å². The maximum absolute atomic E-state index is 12.9. The predicted octanol–water partition coefficient (Wildman–Crippen LogP) is 2.86. The standard InChI is InChI=1S/C19H19ClN4O3/c1-12(13-4-5-13)21-17(25)11-23-18(16-3-2-10-27-16)22-24(19(23)26)15-8-6-14(20)7-9-15/h2-3,6-10,12-13H,4-5,11H2,1H3,(H,21,25)/t12-/m0/s1. The highest BCUT2D eigenvalue weighted by Gasteiger charge is 2.29. The van der Waals surface area contributed by atoms with Crippen molar-refractivity contribution in [2.75, 3.05) is 0 Å². The number of carbonyl (C=O) groups is 1. The SMILES string of the molecule is C[C@H](NC(=O)Cn1c(-c2ccco2)nn(-c2ccc(Cl)cc2)c1=O)C1CC1. The van der Waals surface area contributed by atoms with Crippen molar-refractivity contribution in [3.63, 3.8) is 0 Å². The van der Waals surface area contributed by atoms with Crippen molar-refractivity contribution in [3.8, 4) is 17.3 Å². The Morgan fingerprint density at radius 2 is 2.07 bits per heavy atom. The van der Waals surface area contributed by atoms with E-state index in [4.69, 9.17) is 16.0 Å². The summed E-state index contributed by atoms with van der Waals surface area (Å²) in [6, 6.07) is 10.3. The zero-order chi connectivity index (χ0) is 19.0. The molecule has 7 nitrogen and oxygen atoms in total. The van der Waals surface area contributed by atoms with E-state index in [9.17, 15) is 9.59 Å². The summed E-state index contributed by atoms with van der Waals surface area (Å²) in [5.41, 5.74) is 0.140. The highest BCUT2D eigenvalue weighted by molar-refractivity contribution is 6.30. The molecule has 0 spiro atoms. The van der Waals surface area contributed by atoms with Crippen LogP contribution in [0.2, 0.25) is 5.02 Å². The Hall–Kier alpha value is -2.80. The van der Waals surface area contributed by atoms with Crippen LogP contribution >= 0.6 is 11.6 Å². The summed E-state index contributed by atoms with van der Waals surface area (Å²) in [4.78, 5) is 25.4. The molecule has 1 saturated carbocycles. The molecule has 1 atom stereocenters. The molecule has 1 aliphatic rings. The maximum Gasteiger partial charge on any atom is 0.351 e. The van der Waals surface area contributed by atoms with Crippen molar-refractivity contribution in [2.24, 2.45) is 5.92 Å². The van der Waals surface area contributed by atoms with Gasteiger partial charge >= 0.3 is 5.69 Å². The van der Waals surface area contributed by atoms with Crippen LogP contribution in [0.25, 0.3) is 17.3 Å². The minimum Gasteiger partial charge on any atom is -0.461 e. The third kappa shape index (κ3) is 3.68. The van der Waals surface area contributed by atoms with Crippen molar-refractivity contribution in [1.82, 2.24) is 19.7 Å². The Labute approximate surface area is 160 Å². The van der Waals surface area contributed by atoms with Gasteiger partial charge in [-0.3, -0.25) is 9.36 Å². The lowest BCUT2D eigenvalue weighted by atomic mass is 10.2. The number of carbonyl (C=O) groups excluding carboxylic acids is 1. The molecular formula is C19H19ClN4O3. The second-order valence-electron chi connectivity index (χ2n) is 6.75. The van der Waals surface area contributed by atoms with Crippen molar-refractivity contribution in [3.05, 3.63) is 58.2 Å². The molecular weight excluding hydrogens is 368 g/mol. The normalized spacial score (nSPS) is 14.9. The number of nitrogens with one attached hydrogen (secondary N) is 1. The van der Waals surface area contributed by atoms with Gasteiger partial charge in [0.25, 0.3) is 0 Å². The van der Waals surface area contributed by atoms with Crippen LogP contribution in [-0.2, 0) is 11.3 Å². The highest BCUT2D eigenvalue weighted by Crippen LogP contribution is 2.32. The molecule has 0 saturated heterocycles. The molecule has 0 bridgehead atoms. The van der Waals surface area contributed by atoms with Gasteiger partial charge in [0, 0.05) is 11.1 Å². The van der Waals surface area contributed by atoms with Gasteiger partial charge in [-0.05, 0) is 62.1 Å². The minimum atomic E-state index is -0.419. The first-order valence-corrected chi connectivity index (χ1v) is 9.20. The van der Waals surface area contributed by atoms with Crippen LogP contribution in [0.1, 0.15) is 19.8 Å². The van der Waals surface area contributed by atoms with Crippen LogP contribution in [0, 0.1) is 5.92 Å². The number of hydrogen-bond acceptors (Lipinski definition) is 4. The Bertz CT molecular complexity index is 1000. The van der Waals surface area contributed by atoms with Crippen LogP contribution in [0.3, 0.4) is 0 Å². The quantitative estimate of drug-likeness (QED) is 0.706. The van der Waals surface area contributed by atoms with Crippen molar-refractivity contribution in [1.29, 1.82) is 0 Å². The van der Waals surface area contributed by atoms with E-state index < -0.39 is 5.69 Å². The topological polar surface area (TPSA) is 82.1 Å². The van der Waals surface area contributed by atoms with E-state index in [0.717, 1.165) is 12.8 Å². The van der Waals surface area contributed by atoms with E-state index in [1.807, 2.05) is 6.92 Å². The first-order valence-electron chi connectivity index (χ1n) is 8.82. The van der Waals surface area contributed by atoms with E-state index in [1.165, 1.54) is 15.5 Å². The predicted molar refractivity (Wildman–Crippen MR) is 101 cm³/mol. The van der Waals surface area contributed by atoms with Gasteiger partial charge in [0.05, 0.1) is 12.0 Å². The van der Waals surface area contributed by atoms with E-state index in [1.54, 1.807) is 36.4 Å². The number of rotatable bonds is 6. The van der Waals surface area contributed by atoms with Gasteiger partial charge in [-0.25, -0.2) is 4.79 Å². The van der Waals surface area contributed by atoms with Gasteiger partial charge in [-0.2, -0.15) is 4.68 Å². The fraction of sp³-hybridized carbons (Fsp3) is 0.316. The maximum atomic E-state index is 12.9. The average molecular weight is 387 g/mol. The summed E-state index contributed by atoms with van der Waals surface area (Å²) in [5.74, 6) is 1.03. The van der Waals surface area contributed by atoms with Crippen molar-refractivity contribution >= 4 is 17.5 Å². The zero-order valence-electron chi connectivity index (χ0n) is 14.8. The van der Waals surface area contributed by atoms with Gasteiger partial charge in [0.1, 0.15) is 6.54 Å². The average Bonchev–Trinajstić information content (AvgIpc) is 3.28. The van der Waals surface area contributed by atoms with E-state index in [0.29, 0.717) is 28.2 Å². The Morgan fingerprint density at radius 1 is 1.33 bits per heavy atom. The number of hydrogen-bond donors (Lipinski definition) is 1. The molecule has 0 aliphatic heterocycles. The number of amides is 1. The molecule has 2 aromatic heterocycles. The summed E-state index contributed by atoms with van der Waals surface area (Å²) in [7, 11) is 0. The van der Waals surface area contributed by atoms with Crippen LogP contribution in [0.15, 0.2) is 51.9 Å². The smallest absolute Gasteiger partial charge is 0.351 e. The summed E-state index contributed by atoms with van der Waals surface area (Å²) < 4.78 is 7.97. The first kappa shape index (κ1) is 17.6. The fourth-order valence-corrected chi connectivity index (χ4v) is 3.16. The number of halogens is 1. The highest BCUT2D eigenvalue weighted by atomic mass is 35.5. The molecule has 1 N–H and O–H groups in total. The number of furan rings is 1. The molecule has 1 aliphatic carbocycles. The van der Waals surface area contributed by atoms with E-state index >= 15 is 0 Å². The fourth-order valence-electron chi connectivity index (χ4n) is 3.03. The molecule has 0 unspecified atom stereocenters. The lowest BCUT2D eigenvalue weighted by molar-refractivity contribution is -0.122. The summed E-state index contributed by atoms with van der Waals surface area (Å²) in [5, 5.41) is 7.91. The van der Waals surface area contributed by atoms with Gasteiger partial charge in [-0.15, -0.1) is 5.10 Å². The van der Waals surface area contributed by atoms with Crippen LogP contribution < -0.4 is 11.0 Å². The summed E-state index contributed by atoms with van der Waals surface area (Å²) >= 11 is 5.92. The second kappa shape index (κ2) is 7.08. The molecule has 1 amide bonds. The third-order valence-corrected chi connectivity index (χ3v) is 4.95. The van der Waals surface area contributed by atoms with E-state index in [-0.39, 0.29) is 18.5 Å². The molecule has 1 aromatic carbocycles. The zero-order valence-corrected chi connectivity index (χ0v) is 15.5. The lowest BCUT2D eigenvalue weighted by Gasteiger charge is -2.13. The van der Waals surface area contributed by atoms with Crippen molar-refractivity contribution < 1.29 is 9.21 Å². The van der Waals surface area contributed by atoms with Crippen LogP contribution in [0.5, 0.6) is 0 Å². The molecule has 4 rings (SSSR count). The molecule has 3 aromatic rings. The lowest BCUT2D eigenvalue weighted by Crippen LogP contribution is -2.38. The minimum absolute atomic E-state index is 0.103. The third-order valence-electron chi connectivity index (χ3n) is 4.69. The summed E-state index contributed by atoms with van der Waals surface area (Å²) in [6.45, 7) is 1.86. The first-order chi connectivity index (χ1) is 13.0. The summed E-state index contributed by atoms with van der Waals surface area (Å²) in [6.07, 6.45) is 3.77. The Balaban J connectivity index is 1.69.